The van der Waals surface area contributed by atoms with E-state index in [9.17, 15) is 4.79 Å². The van der Waals surface area contributed by atoms with E-state index < -0.39 is 0 Å². The molecule has 0 spiro atoms. The highest BCUT2D eigenvalue weighted by Gasteiger charge is 2.10. The highest BCUT2D eigenvalue weighted by atomic mass is 79.9. The van der Waals surface area contributed by atoms with Crippen molar-refractivity contribution in [1.29, 1.82) is 0 Å². The molecule has 0 saturated carbocycles. The van der Waals surface area contributed by atoms with E-state index in [4.69, 9.17) is 4.42 Å². The first-order valence-corrected chi connectivity index (χ1v) is 6.70. The number of hydrogen-bond donors (Lipinski definition) is 1. The van der Waals surface area contributed by atoms with Crippen LogP contribution in [0.15, 0.2) is 26.3 Å². The number of hydrogen-bond acceptors (Lipinski definition) is 6. The number of rotatable bonds is 4. The van der Waals surface area contributed by atoms with Crippen LogP contribution < -0.4 is 5.43 Å². The summed E-state index contributed by atoms with van der Waals surface area (Å²) in [5, 5.41) is 4.57. The quantitative estimate of drug-likeness (QED) is 0.530. The van der Waals surface area contributed by atoms with Gasteiger partial charge in [0.05, 0.1) is 16.8 Å². The lowest BCUT2D eigenvalue weighted by Gasteiger charge is -1.90. The Labute approximate surface area is 116 Å². The number of anilines is 1. The van der Waals surface area contributed by atoms with Gasteiger partial charge in [0.25, 0.3) is 0 Å². The van der Waals surface area contributed by atoms with Gasteiger partial charge >= 0.3 is 0 Å². The molecule has 7 heteroatoms. The lowest BCUT2D eigenvalue weighted by molar-refractivity contribution is 0.102. The smallest absolute Gasteiger partial charge is 0.204 e. The maximum atomic E-state index is 11.3. The molecule has 0 bridgehead atoms. The van der Waals surface area contributed by atoms with Crippen molar-refractivity contribution in [3.05, 3.63) is 33.1 Å². The molecule has 0 fully saturated rings. The number of hydrazone groups is 1. The molecule has 0 saturated heterocycles. The van der Waals surface area contributed by atoms with E-state index in [0.29, 0.717) is 26.1 Å². The summed E-state index contributed by atoms with van der Waals surface area (Å²) >= 11 is 4.48. The number of nitrogens with zero attached hydrogens (tertiary/aromatic N) is 2. The van der Waals surface area contributed by atoms with Crippen molar-refractivity contribution in [2.75, 3.05) is 5.43 Å². The van der Waals surface area contributed by atoms with Crippen LogP contribution in [0, 0.1) is 6.92 Å². The van der Waals surface area contributed by atoms with E-state index in [-0.39, 0.29) is 5.78 Å². The third kappa shape index (κ3) is 3.05. The number of thiazole rings is 1. The minimum atomic E-state index is 0.0111. The first kappa shape index (κ1) is 13.0. The zero-order chi connectivity index (χ0) is 13.1. The highest BCUT2D eigenvalue weighted by Crippen LogP contribution is 2.22. The van der Waals surface area contributed by atoms with Gasteiger partial charge in [0.2, 0.25) is 5.13 Å². The Morgan fingerprint density at radius 2 is 2.39 bits per heavy atom. The van der Waals surface area contributed by atoms with Crippen molar-refractivity contribution in [3.63, 3.8) is 0 Å². The van der Waals surface area contributed by atoms with Crippen molar-refractivity contribution in [2.45, 2.75) is 13.8 Å². The summed E-state index contributed by atoms with van der Waals surface area (Å²) in [6.45, 7) is 3.32. The first-order chi connectivity index (χ1) is 8.56. The van der Waals surface area contributed by atoms with Crippen LogP contribution in [0.25, 0.3) is 0 Å². The number of carbonyl (C=O) groups excluding carboxylic acids is 1. The molecule has 0 amide bonds. The van der Waals surface area contributed by atoms with Crippen molar-refractivity contribution in [1.82, 2.24) is 4.98 Å². The number of aryl methyl sites for hydroxylation is 1. The average Bonchev–Trinajstić information content (AvgIpc) is 2.85. The maximum Gasteiger partial charge on any atom is 0.204 e. The van der Waals surface area contributed by atoms with Gasteiger partial charge in [-0.1, -0.05) is 11.3 Å². The van der Waals surface area contributed by atoms with Crippen LogP contribution in [-0.4, -0.2) is 17.0 Å². The second-order valence-electron chi connectivity index (χ2n) is 3.50. The largest absolute Gasteiger partial charge is 0.448 e. The Kier molecular flexibility index (Phi) is 3.93. The molecule has 0 radical (unpaired) electrons. The van der Waals surface area contributed by atoms with Gasteiger partial charge in [0.1, 0.15) is 5.76 Å². The fourth-order valence-electron chi connectivity index (χ4n) is 1.32. The number of halogens is 1. The number of Topliss-reactive ketones (excluding diaryl/α,β-unsaturated/α-hetero) is 1. The van der Waals surface area contributed by atoms with E-state index in [2.05, 4.69) is 31.4 Å². The third-order valence-corrected chi connectivity index (χ3v) is 3.65. The first-order valence-electron chi connectivity index (χ1n) is 5.09. The van der Waals surface area contributed by atoms with Crippen LogP contribution in [0.3, 0.4) is 0 Å². The number of ketones is 1. The number of aromatic nitrogens is 1. The molecule has 0 aliphatic rings. The number of furan rings is 1. The van der Waals surface area contributed by atoms with E-state index in [1.165, 1.54) is 24.5 Å². The van der Waals surface area contributed by atoms with E-state index in [0.717, 1.165) is 0 Å². The van der Waals surface area contributed by atoms with E-state index in [1.807, 2.05) is 0 Å². The fraction of sp³-hybridized carbons (Fsp3) is 0.182. The molecule has 2 aromatic rings. The van der Waals surface area contributed by atoms with Gasteiger partial charge < -0.3 is 4.42 Å². The lowest BCUT2D eigenvalue weighted by atomic mass is 10.3. The summed E-state index contributed by atoms with van der Waals surface area (Å²) in [5.41, 5.74) is 3.48. The molecule has 2 heterocycles. The van der Waals surface area contributed by atoms with Gasteiger partial charge in [-0.05, 0) is 35.0 Å². The van der Waals surface area contributed by atoms with Crippen LogP contribution in [0.5, 0.6) is 0 Å². The zero-order valence-electron chi connectivity index (χ0n) is 9.73. The SMILES string of the molecule is CC(=O)c1sc(N/N=C\c2ccc(Br)o2)nc1C. The van der Waals surface area contributed by atoms with Crippen LogP contribution in [0.1, 0.15) is 28.0 Å². The van der Waals surface area contributed by atoms with Crippen molar-refractivity contribution < 1.29 is 9.21 Å². The number of nitrogens with one attached hydrogen (secondary N) is 1. The molecule has 0 aliphatic carbocycles. The van der Waals surface area contributed by atoms with Crippen LogP contribution in [-0.2, 0) is 0 Å². The van der Waals surface area contributed by atoms with Gasteiger partial charge in [-0.3, -0.25) is 10.2 Å². The minimum Gasteiger partial charge on any atom is -0.448 e. The van der Waals surface area contributed by atoms with Gasteiger partial charge in [-0.2, -0.15) is 5.10 Å². The summed E-state index contributed by atoms with van der Waals surface area (Å²) in [6, 6.07) is 3.56. The van der Waals surface area contributed by atoms with Crippen LogP contribution in [0.2, 0.25) is 0 Å². The Bertz CT molecular complexity index is 603. The second kappa shape index (κ2) is 5.45. The molecular weight excluding hydrogens is 318 g/mol. The van der Waals surface area contributed by atoms with Gasteiger partial charge in [-0.25, -0.2) is 4.98 Å². The summed E-state index contributed by atoms with van der Waals surface area (Å²) in [7, 11) is 0. The van der Waals surface area contributed by atoms with E-state index in [1.54, 1.807) is 19.1 Å². The molecule has 2 aromatic heterocycles. The van der Waals surface area contributed by atoms with Crippen molar-refractivity contribution >= 4 is 44.4 Å². The monoisotopic (exact) mass is 327 g/mol. The molecule has 2 rings (SSSR count). The third-order valence-electron chi connectivity index (χ3n) is 2.06. The van der Waals surface area contributed by atoms with Crippen molar-refractivity contribution in [2.24, 2.45) is 5.10 Å². The van der Waals surface area contributed by atoms with Gasteiger partial charge in [0, 0.05) is 6.92 Å². The summed E-state index contributed by atoms with van der Waals surface area (Å²) < 4.78 is 5.89. The Morgan fingerprint density at radius 1 is 1.61 bits per heavy atom. The Balaban J connectivity index is 2.04. The summed E-state index contributed by atoms with van der Waals surface area (Å²) in [5.74, 6) is 0.631. The molecule has 1 N–H and O–H groups in total. The van der Waals surface area contributed by atoms with Crippen molar-refractivity contribution in [3.8, 4) is 0 Å². The normalized spacial score (nSPS) is 11.1. The maximum absolute atomic E-state index is 11.3. The van der Waals surface area contributed by atoms with Crippen LogP contribution in [0.4, 0.5) is 5.13 Å². The van der Waals surface area contributed by atoms with Gasteiger partial charge in [0.15, 0.2) is 10.5 Å². The minimum absolute atomic E-state index is 0.0111. The lowest BCUT2D eigenvalue weighted by Crippen LogP contribution is -1.90. The molecule has 0 aliphatic heterocycles. The Morgan fingerprint density at radius 3 is 2.94 bits per heavy atom. The predicted molar refractivity (Wildman–Crippen MR) is 74.5 cm³/mol. The zero-order valence-corrected chi connectivity index (χ0v) is 12.1. The topological polar surface area (TPSA) is 67.5 Å². The highest BCUT2D eigenvalue weighted by molar-refractivity contribution is 9.10. The average molecular weight is 328 g/mol. The molecule has 0 unspecified atom stereocenters. The summed E-state index contributed by atoms with van der Waals surface area (Å²) in [4.78, 5) is 16.1. The molecule has 5 nitrogen and oxygen atoms in total. The predicted octanol–water partition coefficient (Wildman–Crippen LogP) is 3.46. The molecule has 94 valence electrons. The standard InChI is InChI=1S/C11H10BrN3O2S/c1-6-10(7(2)16)18-11(14-6)15-13-5-8-3-4-9(12)17-8/h3-5H,1-2H3,(H,14,15)/b13-5-. The van der Waals surface area contributed by atoms with Gasteiger partial charge in [-0.15, -0.1) is 0 Å². The summed E-state index contributed by atoms with van der Waals surface area (Å²) in [6.07, 6.45) is 1.54. The molecule has 0 aromatic carbocycles. The fourth-order valence-corrected chi connectivity index (χ4v) is 2.45. The van der Waals surface area contributed by atoms with Crippen LogP contribution >= 0.6 is 27.3 Å². The Hall–Kier alpha value is -1.47. The molecular formula is C11H10BrN3O2S. The number of carbonyl (C=O) groups is 1. The van der Waals surface area contributed by atoms with E-state index >= 15 is 0 Å². The molecule has 18 heavy (non-hydrogen) atoms. The second-order valence-corrected chi connectivity index (χ2v) is 5.28. The molecule has 0 atom stereocenters.